The normalized spacial score (nSPS) is 11.9. The Labute approximate surface area is 191 Å². The molecule has 1 amide bonds. The first kappa shape index (κ1) is 23.0. The van der Waals surface area contributed by atoms with E-state index in [4.69, 9.17) is 21.1 Å². The zero-order chi connectivity index (χ0) is 22.4. The largest absolute Gasteiger partial charge is 0.497 e. The average molecular weight is 461 g/mol. The van der Waals surface area contributed by atoms with Gasteiger partial charge in [-0.1, -0.05) is 29.4 Å². The van der Waals surface area contributed by atoms with Gasteiger partial charge in [-0.05, 0) is 57.2 Å². The van der Waals surface area contributed by atoms with E-state index < -0.39 is 0 Å². The number of benzene rings is 2. The van der Waals surface area contributed by atoms with Gasteiger partial charge in [-0.2, -0.15) is 0 Å². The summed E-state index contributed by atoms with van der Waals surface area (Å²) in [5.41, 5.74) is 0.696. The summed E-state index contributed by atoms with van der Waals surface area (Å²) in [4.78, 5) is 12.3. The van der Waals surface area contributed by atoms with Crippen LogP contribution in [0.3, 0.4) is 0 Å². The quantitative estimate of drug-likeness (QED) is 0.431. The van der Waals surface area contributed by atoms with E-state index >= 15 is 0 Å². The summed E-state index contributed by atoms with van der Waals surface area (Å²) in [7, 11) is 1.62. The first-order chi connectivity index (χ1) is 14.9. The molecule has 3 rings (SSSR count). The summed E-state index contributed by atoms with van der Waals surface area (Å²) in [6.07, 6.45) is -0.334. The van der Waals surface area contributed by atoms with Crippen LogP contribution in [-0.2, 0) is 4.79 Å². The van der Waals surface area contributed by atoms with Crippen molar-refractivity contribution in [3.8, 4) is 11.5 Å². The van der Waals surface area contributed by atoms with Gasteiger partial charge in [0.05, 0.1) is 12.9 Å². The Hall–Kier alpha value is -2.71. The van der Waals surface area contributed by atoms with E-state index in [0.717, 1.165) is 5.75 Å². The number of amides is 1. The summed E-state index contributed by atoms with van der Waals surface area (Å²) in [5, 5.41) is 12.8. The van der Waals surface area contributed by atoms with E-state index in [1.807, 2.05) is 49.6 Å². The maximum atomic E-state index is 12.3. The molecule has 0 saturated carbocycles. The van der Waals surface area contributed by atoms with Gasteiger partial charge in [0.15, 0.2) is 17.1 Å². The summed E-state index contributed by atoms with van der Waals surface area (Å²) in [5.74, 6) is 2.17. The first-order valence-electron chi connectivity index (χ1n) is 9.81. The molecule has 0 fully saturated rings. The Morgan fingerprint density at radius 1 is 1.13 bits per heavy atom. The number of rotatable bonds is 9. The van der Waals surface area contributed by atoms with Crippen molar-refractivity contribution in [2.45, 2.75) is 38.1 Å². The van der Waals surface area contributed by atoms with E-state index in [2.05, 4.69) is 15.5 Å². The second-order valence-electron chi connectivity index (χ2n) is 7.09. The van der Waals surface area contributed by atoms with Crippen molar-refractivity contribution >= 4 is 35.0 Å². The third kappa shape index (κ3) is 6.15. The lowest BCUT2D eigenvalue weighted by atomic mass is 10.3. The van der Waals surface area contributed by atoms with Gasteiger partial charge in [0, 0.05) is 22.8 Å². The fraction of sp³-hybridized carbons (Fsp3) is 0.318. The van der Waals surface area contributed by atoms with E-state index in [1.54, 1.807) is 31.4 Å². The molecule has 0 aliphatic carbocycles. The molecule has 1 N–H and O–H groups in total. The van der Waals surface area contributed by atoms with E-state index in [9.17, 15) is 4.79 Å². The van der Waals surface area contributed by atoms with Gasteiger partial charge in [0.2, 0.25) is 5.91 Å². The molecule has 1 aromatic heterocycles. The summed E-state index contributed by atoms with van der Waals surface area (Å²) < 4.78 is 13.3. The molecule has 164 valence electrons. The van der Waals surface area contributed by atoms with Crippen LogP contribution in [0.1, 0.15) is 38.7 Å². The summed E-state index contributed by atoms with van der Waals surface area (Å²) in [6.45, 7) is 6.01. The predicted octanol–water partition coefficient (Wildman–Crippen LogP) is 5.39. The molecule has 0 saturated heterocycles. The molecule has 2 aromatic carbocycles. The fourth-order valence-corrected chi connectivity index (χ4v) is 3.94. The van der Waals surface area contributed by atoms with Crippen LogP contribution >= 0.6 is 23.4 Å². The Bertz CT molecular complexity index is 1020. The number of anilines is 1. The highest BCUT2D eigenvalue weighted by Crippen LogP contribution is 2.29. The number of aromatic nitrogens is 3. The average Bonchev–Trinajstić information content (AvgIpc) is 3.18. The van der Waals surface area contributed by atoms with Crippen molar-refractivity contribution in [2.24, 2.45) is 0 Å². The minimum atomic E-state index is -0.334. The minimum absolute atomic E-state index is 0.100. The lowest BCUT2D eigenvalue weighted by molar-refractivity contribution is -0.113. The highest BCUT2D eigenvalue weighted by molar-refractivity contribution is 7.99. The molecule has 0 spiro atoms. The molecule has 0 aliphatic rings. The zero-order valence-electron chi connectivity index (χ0n) is 17.8. The summed E-state index contributed by atoms with van der Waals surface area (Å²) in [6, 6.07) is 14.5. The SMILES string of the molecule is COc1cccc(OC(C)c2nnc(SCC(=O)Nc3ccc(Cl)cc3)n2C(C)C)c1. The number of carbonyl (C=O) groups is 1. The topological polar surface area (TPSA) is 78.3 Å². The van der Waals surface area contributed by atoms with Gasteiger partial charge in [0.1, 0.15) is 11.5 Å². The lowest BCUT2D eigenvalue weighted by Crippen LogP contribution is -2.16. The lowest BCUT2D eigenvalue weighted by Gasteiger charge is -2.19. The van der Waals surface area contributed by atoms with Crippen LogP contribution in [0, 0.1) is 0 Å². The molecular formula is C22H25ClN4O3S. The van der Waals surface area contributed by atoms with Crippen LogP contribution in [-0.4, -0.2) is 33.5 Å². The second-order valence-corrected chi connectivity index (χ2v) is 8.47. The Kier molecular flexibility index (Phi) is 7.81. The van der Waals surface area contributed by atoms with Crippen LogP contribution < -0.4 is 14.8 Å². The molecule has 1 unspecified atom stereocenters. The van der Waals surface area contributed by atoms with Crippen molar-refractivity contribution in [2.75, 3.05) is 18.2 Å². The van der Waals surface area contributed by atoms with Crippen LogP contribution in [0.4, 0.5) is 5.69 Å². The molecule has 9 heteroatoms. The number of methoxy groups -OCH3 is 1. The predicted molar refractivity (Wildman–Crippen MR) is 123 cm³/mol. The number of nitrogens with one attached hydrogen (secondary N) is 1. The monoisotopic (exact) mass is 460 g/mol. The number of carbonyl (C=O) groups excluding carboxylic acids is 1. The highest BCUT2D eigenvalue weighted by Gasteiger charge is 2.22. The van der Waals surface area contributed by atoms with Crippen LogP contribution in [0.25, 0.3) is 0 Å². The molecule has 1 heterocycles. The number of ether oxygens (including phenoxy) is 2. The number of thioether (sulfide) groups is 1. The summed E-state index contributed by atoms with van der Waals surface area (Å²) >= 11 is 7.21. The molecule has 1 atom stereocenters. The van der Waals surface area contributed by atoms with Crippen molar-refractivity contribution in [3.05, 3.63) is 59.4 Å². The van der Waals surface area contributed by atoms with Gasteiger partial charge in [-0.3, -0.25) is 4.79 Å². The number of nitrogens with zero attached hydrogens (tertiary/aromatic N) is 3. The third-order valence-corrected chi connectivity index (χ3v) is 5.58. The van der Waals surface area contributed by atoms with Crippen molar-refractivity contribution < 1.29 is 14.3 Å². The van der Waals surface area contributed by atoms with Crippen LogP contribution in [0.2, 0.25) is 5.02 Å². The van der Waals surface area contributed by atoms with Crippen LogP contribution in [0.5, 0.6) is 11.5 Å². The maximum absolute atomic E-state index is 12.3. The smallest absolute Gasteiger partial charge is 0.234 e. The van der Waals surface area contributed by atoms with E-state index in [-0.39, 0.29) is 23.8 Å². The maximum Gasteiger partial charge on any atom is 0.234 e. The van der Waals surface area contributed by atoms with Crippen molar-refractivity contribution in [3.63, 3.8) is 0 Å². The number of hydrogen-bond acceptors (Lipinski definition) is 6. The Balaban J connectivity index is 1.67. The zero-order valence-corrected chi connectivity index (χ0v) is 19.4. The Morgan fingerprint density at radius 2 is 1.84 bits per heavy atom. The van der Waals surface area contributed by atoms with Gasteiger partial charge in [-0.25, -0.2) is 0 Å². The van der Waals surface area contributed by atoms with E-state index in [1.165, 1.54) is 11.8 Å². The van der Waals surface area contributed by atoms with Crippen molar-refractivity contribution in [1.82, 2.24) is 14.8 Å². The molecule has 0 aliphatic heterocycles. The van der Waals surface area contributed by atoms with E-state index in [0.29, 0.717) is 27.4 Å². The van der Waals surface area contributed by atoms with Crippen LogP contribution in [0.15, 0.2) is 53.7 Å². The molecule has 3 aromatic rings. The first-order valence-corrected chi connectivity index (χ1v) is 11.2. The second kappa shape index (κ2) is 10.5. The standard InChI is InChI=1S/C22H25ClN4O3S/c1-14(2)27-21(15(3)30-19-7-5-6-18(12-19)29-4)25-26-22(27)31-13-20(28)24-17-10-8-16(23)9-11-17/h5-12,14-15H,13H2,1-4H3,(H,24,28). The molecular weight excluding hydrogens is 436 g/mol. The van der Waals surface area contributed by atoms with Gasteiger partial charge in [0.25, 0.3) is 0 Å². The molecule has 0 radical (unpaired) electrons. The highest BCUT2D eigenvalue weighted by atomic mass is 35.5. The van der Waals surface area contributed by atoms with Crippen molar-refractivity contribution in [1.29, 1.82) is 0 Å². The Morgan fingerprint density at radius 3 is 2.52 bits per heavy atom. The van der Waals surface area contributed by atoms with Gasteiger partial charge < -0.3 is 19.4 Å². The minimum Gasteiger partial charge on any atom is -0.497 e. The fourth-order valence-electron chi connectivity index (χ4n) is 2.94. The number of hydrogen-bond donors (Lipinski definition) is 1. The van der Waals surface area contributed by atoms with Gasteiger partial charge in [-0.15, -0.1) is 10.2 Å². The molecule has 31 heavy (non-hydrogen) atoms. The van der Waals surface area contributed by atoms with Gasteiger partial charge >= 0.3 is 0 Å². The molecule has 0 bridgehead atoms. The molecule has 7 nitrogen and oxygen atoms in total. The third-order valence-electron chi connectivity index (χ3n) is 4.39. The number of halogens is 1.